The number of amides is 3. The maximum absolute atomic E-state index is 14.2. The number of rotatable bonds is 9. The van der Waals surface area contributed by atoms with Crippen molar-refractivity contribution in [2.24, 2.45) is 7.05 Å². The predicted molar refractivity (Wildman–Crippen MR) is 211 cm³/mol. The molecule has 0 bridgehead atoms. The van der Waals surface area contributed by atoms with Crippen LogP contribution in [-0.2, 0) is 21.4 Å². The van der Waals surface area contributed by atoms with Crippen LogP contribution in [0.15, 0.2) is 54.6 Å². The second kappa shape index (κ2) is 15.8. The number of halogens is 2. The van der Waals surface area contributed by atoms with Crippen LogP contribution in [-0.4, -0.2) is 102 Å². The fourth-order valence-electron chi connectivity index (χ4n) is 8.65. The van der Waals surface area contributed by atoms with E-state index in [9.17, 15) is 23.2 Å². The highest BCUT2D eigenvalue weighted by atomic mass is 19.3. The topological polar surface area (TPSA) is 169 Å². The minimum Gasteiger partial charge on any atom is -0.382 e. The number of anilines is 3. The lowest BCUT2D eigenvalue weighted by Gasteiger charge is -2.34. The number of hydrogen-bond donors (Lipinski definition) is 3. The minimum absolute atomic E-state index is 0.0151. The normalized spacial score (nSPS) is 20.9. The molecule has 58 heavy (non-hydrogen) atoms. The molecule has 1 aliphatic carbocycles. The molecule has 0 radical (unpaired) electrons. The largest absolute Gasteiger partial charge is 0.382 e. The highest BCUT2D eigenvalue weighted by molar-refractivity contribution is 6.08. The molecule has 304 valence electrons. The zero-order chi connectivity index (χ0) is 39.9. The maximum atomic E-state index is 14.2. The number of allylic oxidation sites excluding steroid dienone is 1. The predicted octanol–water partition coefficient (Wildman–Crippen LogP) is 4.93. The summed E-state index contributed by atoms with van der Waals surface area (Å²) in [5.74, 6) is -0.846. The molecule has 1 unspecified atom stereocenters. The molecular weight excluding hydrogens is 751 g/mol. The molecule has 3 N–H and O–H groups in total. The first-order valence-electron chi connectivity index (χ1n) is 20.0. The number of morpholine rings is 1. The van der Waals surface area contributed by atoms with Crippen LogP contribution >= 0.6 is 0 Å². The first kappa shape index (κ1) is 37.7. The Morgan fingerprint density at radius 2 is 1.79 bits per heavy atom. The van der Waals surface area contributed by atoms with Gasteiger partial charge in [0.2, 0.25) is 11.8 Å². The van der Waals surface area contributed by atoms with E-state index in [2.05, 4.69) is 58.3 Å². The van der Waals surface area contributed by atoms with Crippen LogP contribution in [0.3, 0.4) is 0 Å². The quantitative estimate of drug-likeness (QED) is 0.173. The lowest BCUT2D eigenvalue weighted by atomic mass is 9.91. The molecule has 0 spiro atoms. The lowest BCUT2D eigenvalue weighted by molar-refractivity contribution is -0.134. The van der Waals surface area contributed by atoms with Crippen molar-refractivity contribution in [3.05, 3.63) is 71.6 Å². The van der Waals surface area contributed by atoms with Gasteiger partial charge in [-0.05, 0) is 75.4 Å². The van der Waals surface area contributed by atoms with Crippen molar-refractivity contribution < 1.29 is 27.9 Å². The number of carbonyl (C=O) groups excluding carboxylic acids is 3. The number of carbonyl (C=O) groups is 3. The standard InChI is InChI=1S/C40H46F2N12O4/c1-50-32-20-26(4-7-28(32)35(48-50)29-8-9-34(55)47-39(29)56)44-25-10-13-51(14-11-25)22-24-2-5-27(6-3-24)54-23-31(36(49-54)37(41)42)45-40(57)30-21-43-53-15-12-33(46-38(30)53)52-16-18-58-19-17-52/h4,7,12,15,20-23,25,27,29,37,44H,2-3,5-6,8-11,13-14,16-19H2,1H3,(H,45,57)(H,47,55,56). The molecule has 1 aromatic carbocycles. The summed E-state index contributed by atoms with van der Waals surface area (Å²) in [6.45, 7) is 4.35. The van der Waals surface area contributed by atoms with Gasteiger partial charge in [0.05, 0.1) is 48.3 Å². The third-order valence-electron chi connectivity index (χ3n) is 11.8. The first-order valence-corrected chi connectivity index (χ1v) is 20.0. The number of hydrogen-bond acceptors (Lipinski definition) is 11. The van der Waals surface area contributed by atoms with Gasteiger partial charge in [0.1, 0.15) is 11.4 Å². The second-order valence-corrected chi connectivity index (χ2v) is 15.6. The van der Waals surface area contributed by atoms with Gasteiger partial charge in [-0.15, -0.1) is 0 Å². The van der Waals surface area contributed by atoms with E-state index in [0.717, 1.165) is 68.2 Å². The molecule has 4 aromatic heterocycles. The molecule has 4 fully saturated rings. The van der Waals surface area contributed by atoms with E-state index >= 15 is 0 Å². The number of piperidine rings is 2. The van der Waals surface area contributed by atoms with E-state index in [1.165, 1.54) is 22.5 Å². The summed E-state index contributed by atoms with van der Waals surface area (Å²) in [7, 11) is 1.87. The molecule has 4 aliphatic rings. The van der Waals surface area contributed by atoms with E-state index in [0.29, 0.717) is 62.3 Å². The lowest BCUT2D eigenvalue weighted by Crippen LogP contribution is -2.39. The number of fused-ring (bicyclic) bond motifs is 2. The highest BCUT2D eigenvalue weighted by Crippen LogP contribution is 2.36. The zero-order valence-electron chi connectivity index (χ0n) is 32.2. The van der Waals surface area contributed by atoms with Gasteiger partial charge >= 0.3 is 0 Å². The van der Waals surface area contributed by atoms with Crippen LogP contribution in [0.2, 0.25) is 0 Å². The number of nitrogens with one attached hydrogen (secondary N) is 3. The first-order chi connectivity index (χ1) is 28.2. The van der Waals surface area contributed by atoms with Crippen LogP contribution in [0.4, 0.5) is 26.0 Å². The number of aryl methyl sites for hydroxylation is 1. The summed E-state index contributed by atoms with van der Waals surface area (Å²) < 4.78 is 38.8. The Labute approximate surface area is 332 Å². The third kappa shape index (κ3) is 7.59. The summed E-state index contributed by atoms with van der Waals surface area (Å²) in [4.78, 5) is 46.7. The van der Waals surface area contributed by atoms with Gasteiger partial charge in [-0.25, -0.2) is 18.3 Å². The van der Waals surface area contributed by atoms with Crippen LogP contribution in [0.5, 0.6) is 0 Å². The van der Waals surface area contributed by atoms with Gasteiger partial charge in [-0.2, -0.15) is 15.3 Å². The van der Waals surface area contributed by atoms with Crippen LogP contribution in [0.1, 0.15) is 91.5 Å². The fourth-order valence-corrected chi connectivity index (χ4v) is 8.65. The molecule has 3 saturated heterocycles. The molecule has 9 rings (SSSR count). The van der Waals surface area contributed by atoms with E-state index in [1.54, 1.807) is 15.6 Å². The fraction of sp³-hybridized carbons (Fsp3) is 0.475. The van der Waals surface area contributed by atoms with E-state index in [4.69, 9.17) is 4.74 Å². The zero-order valence-corrected chi connectivity index (χ0v) is 32.2. The molecular formula is C40H46F2N12O4. The van der Waals surface area contributed by atoms with Gasteiger partial charge in [0, 0.05) is 69.2 Å². The van der Waals surface area contributed by atoms with Crippen molar-refractivity contribution in [2.75, 3.05) is 54.9 Å². The summed E-state index contributed by atoms with van der Waals surface area (Å²) in [5, 5.41) is 22.9. The van der Waals surface area contributed by atoms with Crippen molar-refractivity contribution in [1.82, 2.24) is 44.4 Å². The Balaban J connectivity index is 0.788. The number of alkyl halides is 2. The number of ether oxygens (including phenoxy) is 1. The van der Waals surface area contributed by atoms with Gasteiger partial charge < -0.3 is 25.2 Å². The number of likely N-dealkylation sites (tertiary alicyclic amines) is 1. The Morgan fingerprint density at radius 1 is 1.00 bits per heavy atom. The third-order valence-corrected chi connectivity index (χ3v) is 11.8. The minimum atomic E-state index is -2.86. The molecule has 1 atom stereocenters. The summed E-state index contributed by atoms with van der Waals surface area (Å²) in [5.41, 5.74) is 4.03. The molecule has 16 nitrogen and oxygen atoms in total. The summed E-state index contributed by atoms with van der Waals surface area (Å²) in [6, 6.07) is 8.19. The Kier molecular flexibility index (Phi) is 10.3. The average Bonchev–Trinajstić information content (AvgIpc) is 3.94. The molecule has 7 heterocycles. The smallest absolute Gasteiger partial charge is 0.284 e. The van der Waals surface area contributed by atoms with Gasteiger partial charge in [-0.1, -0.05) is 5.57 Å². The summed E-state index contributed by atoms with van der Waals surface area (Å²) >= 11 is 0. The van der Waals surface area contributed by atoms with Crippen molar-refractivity contribution in [2.45, 2.75) is 75.8 Å². The molecule has 3 aliphatic heterocycles. The van der Waals surface area contributed by atoms with Crippen LogP contribution < -0.4 is 20.9 Å². The number of nitrogens with zero attached hydrogens (tertiary/aromatic N) is 9. The van der Waals surface area contributed by atoms with E-state index < -0.39 is 23.9 Å². The monoisotopic (exact) mass is 796 g/mol. The van der Waals surface area contributed by atoms with Gasteiger partial charge in [-0.3, -0.25) is 29.1 Å². The number of benzene rings is 1. The van der Waals surface area contributed by atoms with Crippen LogP contribution in [0, 0.1) is 0 Å². The molecule has 18 heteroatoms. The average molecular weight is 797 g/mol. The molecule has 3 amide bonds. The number of aromatic nitrogens is 7. The van der Waals surface area contributed by atoms with Crippen molar-refractivity contribution in [1.29, 1.82) is 0 Å². The Bertz CT molecular complexity index is 2380. The second-order valence-electron chi connectivity index (χ2n) is 15.6. The van der Waals surface area contributed by atoms with E-state index in [-0.39, 0.29) is 29.1 Å². The van der Waals surface area contributed by atoms with Crippen molar-refractivity contribution in [3.8, 4) is 0 Å². The van der Waals surface area contributed by atoms with Gasteiger partial charge in [0.15, 0.2) is 11.3 Å². The SMILES string of the molecule is Cn1nc(C2CCC(=O)NC2=O)c2ccc(NC3CCN(C=C4CCC(n5cc(NC(=O)c6cnn7ccc(N8CCOCC8)nc67)c(C(F)F)n5)CC4)CC3)cc21. The van der Waals surface area contributed by atoms with E-state index in [1.807, 2.05) is 25.2 Å². The molecule has 5 aromatic rings. The van der Waals surface area contributed by atoms with Crippen molar-refractivity contribution in [3.63, 3.8) is 0 Å². The Hall–Kier alpha value is -5.91. The van der Waals surface area contributed by atoms with Crippen LogP contribution in [0.25, 0.3) is 16.6 Å². The van der Waals surface area contributed by atoms with Crippen molar-refractivity contribution >= 4 is 51.5 Å². The maximum Gasteiger partial charge on any atom is 0.284 e. The van der Waals surface area contributed by atoms with Gasteiger partial charge in [0.25, 0.3) is 12.3 Å². The number of imide groups is 1. The highest BCUT2D eigenvalue weighted by Gasteiger charge is 2.32. The summed E-state index contributed by atoms with van der Waals surface area (Å²) in [6.07, 6.45) is 9.95. The Morgan fingerprint density at radius 3 is 2.55 bits per heavy atom. The molecule has 1 saturated carbocycles.